The quantitative estimate of drug-likeness (QED) is 0.648. The number of hydrogen-bond acceptors (Lipinski definition) is 1. The molecule has 1 nitrogen and oxygen atoms in total. The van der Waals surface area contributed by atoms with Gasteiger partial charge in [-0.25, -0.2) is 0 Å². The maximum Gasteiger partial charge on any atom is 0.0702 e. The van der Waals surface area contributed by atoms with Gasteiger partial charge in [-0.3, -0.25) is 4.98 Å². The molecule has 88 valence electrons. The zero-order valence-electron chi connectivity index (χ0n) is 10.4. The highest BCUT2D eigenvalue weighted by Gasteiger charge is 1.99. The molecule has 0 fully saturated rings. The summed E-state index contributed by atoms with van der Waals surface area (Å²) >= 11 is 0. The molecule has 0 radical (unpaired) electrons. The van der Waals surface area contributed by atoms with Crippen molar-refractivity contribution in [3.63, 3.8) is 0 Å². The Kier molecular flexibility index (Phi) is 2.81. The molecule has 0 bridgehead atoms. The maximum atomic E-state index is 4.34. The van der Waals surface area contributed by atoms with Gasteiger partial charge in [0.05, 0.1) is 5.52 Å². The number of pyridine rings is 1. The molecule has 0 N–H and O–H groups in total. The molecule has 0 saturated carbocycles. The number of aryl methyl sites for hydroxylation is 1. The molecule has 1 heteroatoms. The van der Waals surface area contributed by atoms with E-state index in [0.717, 1.165) is 11.9 Å². The lowest BCUT2D eigenvalue weighted by molar-refractivity contribution is 1.19. The second kappa shape index (κ2) is 4.61. The summed E-state index contributed by atoms with van der Waals surface area (Å²) in [6.07, 6.45) is 2.81. The van der Waals surface area contributed by atoms with Crippen molar-refractivity contribution in [1.82, 2.24) is 4.98 Å². The number of benzene rings is 2. The predicted molar refractivity (Wildman–Crippen MR) is 75.7 cm³/mol. The molecule has 0 aliphatic heterocycles. The van der Waals surface area contributed by atoms with E-state index in [9.17, 15) is 0 Å². The molecule has 0 amide bonds. The van der Waals surface area contributed by atoms with Gasteiger partial charge in [0.2, 0.25) is 0 Å². The molecule has 2 aromatic carbocycles. The van der Waals surface area contributed by atoms with Gasteiger partial charge in [0.1, 0.15) is 0 Å². The molecule has 0 atom stereocenters. The SMILES string of the molecule is Cc1cccc(Cc2ccc3ncccc3c2)c1. The van der Waals surface area contributed by atoms with E-state index in [1.165, 1.54) is 22.1 Å². The van der Waals surface area contributed by atoms with Gasteiger partial charge in [-0.05, 0) is 42.7 Å². The number of fused-ring (bicyclic) bond motifs is 1. The van der Waals surface area contributed by atoms with Gasteiger partial charge in [-0.15, -0.1) is 0 Å². The van der Waals surface area contributed by atoms with Crippen molar-refractivity contribution >= 4 is 10.9 Å². The first-order chi connectivity index (χ1) is 8.81. The minimum absolute atomic E-state index is 0.979. The molecular weight excluding hydrogens is 218 g/mol. The van der Waals surface area contributed by atoms with Gasteiger partial charge in [-0.1, -0.05) is 42.0 Å². The van der Waals surface area contributed by atoms with Crippen LogP contribution >= 0.6 is 0 Å². The third-order valence-electron chi connectivity index (χ3n) is 3.16. The molecule has 0 unspecified atom stereocenters. The van der Waals surface area contributed by atoms with Crippen LogP contribution in [0.1, 0.15) is 16.7 Å². The van der Waals surface area contributed by atoms with E-state index in [-0.39, 0.29) is 0 Å². The van der Waals surface area contributed by atoms with Crippen molar-refractivity contribution in [2.24, 2.45) is 0 Å². The van der Waals surface area contributed by atoms with Crippen LogP contribution in [0.15, 0.2) is 60.8 Å². The molecule has 1 aromatic heterocycles. The first kappa shape index (κ1) is 11.0. The molecule has 3 aromatic rings. The minimum atomic E-state index is 0.979. The first-order valence-electron chi connectivity index (χ1n) is 6.20. The Labute approximate surface area is 107 Å². The maximum absolute atomic E-state index is 4.34. The van der Waals surface area contributed by atoms with Crippen LogP contribution in [0.25, 0.3) is 10.9 Å². The van der Waals surface area contributed by atoms with E-state index < -0.39 is 0 Å². The van der Waals surface area contributed by atoms with Gasteiger partial charge < -0.3 is 0 Å². The Morgan fingerprint density at radius 1 is 0.889 bits per heavy atom. The van der Waals surface area contributed by atoms with Crippen molar-refractivity contribution in [1.29, 1.82) is 0 Å². The van der Waals surface area contributed by atoms with E-state index in [2.05, 4.69) is 60.4 Å². The highest BCUT2D eigenvalue weighted by Crippen LogP contribution is 2.16. The van der Waals surface area contributed by atoms with Crippen LogP contribution in [0.5, 0.6) is 0 Å². The van der Waals surface area contributed by atoms with E-state index in [4.69, 9.17) is 0 Å². The van der Waals surface area contributed by atoms with Gasteiger partial charge in [0.25, 0.3) is 0 Å². The molecule has 0 aliphatic carbocycles. The largest absolute Gasteiger partial charge is 0.256 e. The summed E-state index contributed by atoms with van der Waals surface area (Å²) in [5, 5.41) is 1.21. The standard InChI is InChI=1S/C17H15N/c1-13-4-2-5-14(10-13)11-15-7-8-17-16(12-15)6-3-9-18-17/h2-10,12H,11H2,1H3. The molecule has 0 spiro atoms. The van der Waals surface area contributed by atoms with Gasteiger partial charge in [0.15, 0.2) is 0 Å². The monoisotopic (exact) mass is 233 g/mol. The Hall–Kier alpha value is -2.15. The summed E-state index contributed by atoms with van der Waals surface area (Å²) in [5.74, 6) is 0. The summed E-state index contributed by atoms with van der Waals surface area (Å²) in [6, 6.07) is 19.3. The zero-order valence-corrected chi connectivity index (χ0v) is 10.4. The van der Waals surface area contributed by atoms with E-state index in [1.807, 2.05) is 12.3 Å². The average Bonchev–Trinajstić information content (AvgIpc) is 2.39. The van der Waals surface area contributed by atoms with E-state index in [0.29, 0.717) is 0 Å². The molecule has 0 aliphatic rings. The summed E-state index contributed by atoms with van der Waals surface area (Å²) < 4.78 is 0. The third-order valence-corrected chi connectivity index (χ3v) is 3.16. The normalized spacial score (nSPS) is 10.7. The summed E-state index contributed by atoms with van der Waals surface area (Å²) in [5.41, 5.74) is 5.07. The smallest absolute Gasteiger partial charge is 0.0702 e. The molecular formula is C17H15N. The number of nitrogens with zero attached hydrogens (tertiary/aromatic N) is 1. The van der Waals surface area contributed by atoms with Crippen molar-refractivity contribution < 1.29 is 0 Å². The number of aromatic nitrogens is 1. The van der Waals surface area contributed by atoms with Crippen LogP contribution in [0.3, 0.4) is 0 Å². The van der Waals surface area contributed by atoms with Gasteiger partial charge >= 0.3 is 0 Å². The highest BCUT2D eigenvalue weighted by molar-refractivity contribution is 5.79. The zero-order chi connectivity index (χ0) is 12.4. The van der Waals surface area contributed by atoms with Crippen molar-refractivity contribution in [2.45, 2.75) is 13.3 Å². The lowest BCUT2D eigenvalue weighted by atomic mass is 10.0. The van der Waals surface area contributed by atoms with E-state index >= 15 is 0 Å². The first-order valence-corrected chi connectivity index (χ1v) is 6.20. The van der Waals surface area contributed by atoms with Gasteiger partial charge in [0, 0.05) is 11.6 Å². The van der Waals surface area contributed by atoms with Crippen LogP contribution in [0.2, 0.25) is 0 Å². The Morgan fingerprint density at radius 2 is 1.78 bits per heavy atom. The topological polar surface area (TPSA) is 12.9 Å². The fourth-order valence-electron chi connectivity index (χ4n) is 2.29. The van der Waals surface area contributed by atoms with Gasteiger partial charge in [-0.2, -0.15) is 0 Å². The molecule has 1 heterocycles. The second-order valence-electron chi connectivity index (χ2n) is 4.70. The molecule has 0 saturated heterocycles. The fourth-order valence-corrected chi connectivity index (χ4v) is 2.29. The minimum Gasteiger partial charge on any atom is -0.256 e. The Morgan fingerprint density at radius 3 is 2.67 bits per heavy atom. The van der Waals surface area contributed by atoms with Crippen molar-refractivity contribution in [3.05, 3.63) is 77.5 Å². The third kappa shape index (κ3) is 2.25. The molecule has 18 heavy (non-hydrogen) atoms. The Balaban J connectivity index is 1.95. The van der Waals surface area contributed by atoms with Crippen LogP contribution in [0.4, 0.5) is 0 Å². The van der Waals surface area contributed by atoms with E-state index in [1.54, 1.807) is 0 Å². The number of rotatable bonds is 2. The lowest BCUT2D eigenvalue weighted by Crippen LogP contribution is -1.89. The lowest BCUT2D eigenvalue weighted by Gasteiger charge is -2.04. The predicted octanol–water partition coefficient (Wildman–Crippen LogP) is 4.13. The van der Waals surface area contributed by atoms with Crippen LogP contribution in [-0.4, -0.2) is 4.98 Å². The highest BCUT2D eigenvalue weighted by atomic mass is 14.6. The fraction of sp³-hybridized carbons (Fsp3) is 0.118. The number of hydrogen-bond donors (Lipinski definition) is 0. The van der Waals surface area contributed by atoms with Crippen LogP contribution in [0, 0.1) is 6.92 Å². The Bertz CT molecular complexity index is 686. The second-order valence-corrected chi connectivity index (χ2v) is 4.70. The summed E-state index contributed by atoms with van der Waals surface area (Å²) in [7, 11) is 0. The average molecular weight is 233 g/mol. The van der Waals surface area contributed by atoms with Crippen LogP contribution < -0.4 is 0 Å². The summed E-state index contributed by atoms with van der Waals surface area (Å²) in [4.78, 5) is 4.34. The van der Waals surface area contributed by atoms with Crippen LogP contribution in [-0.2, 0) is 6.42 Å². The summed E-state index contributed by atoms with van der Waals surface area (Å²) in [6.45, 7) is 2.13. The molecule has 3 rings (SSSR count). The van der Waals surface area contributed by atoms with Crippen molar-refractivity contribution in [2.75, 3.05) is 0 Å². The van der Waals surface area contributed by atoms with Crippen molar-refractivity contribution in [3.8, 4) is 0 Å².